The Morgan fingerprint density at radius 2 is 2.07 bits per heavy atom. The topological polar surface area (TPSA) is 15.3 Å². The van der Waals surface area contributed by atoms with Crippen LogP contribution in [0.4, 0.5) is 0 Å². The van der Waals surface area contributed by atoms with Crippen LogP contribution in [0.25, 0.3) is 0 Å². The van der Waals surface area contributed by atoms with E-state index in [1.54, 1.807) is 0 Å². The molecule has 0 amide bonds. The molecule has 2 nitrogen and oxygen atoms in total. The van der Waals surface area contributed by atoms with Gasteiger partial charge in [-0.05, 0) is 31.3 Å². The smallest absolute Gasteiger partial charge is 0.00728 e. The molecular weight excluding hydrogens is 192 g/mol. The minimum atomic E-state index is 0.882. The van der Waals surface area contributed by atoms with E-state index in [1.165, 1.54) is 50.7 Å². The summed E-state index contributed by atoms with van der Waals surface area (Å²) < 4.78 is 0. The molecule has 82 valence electrons. The molecule has 0 aromatic rings. The van der Waals surface area contributed by atoms with E-state index in [-0.39, 0.29) is 0 Å². The highest BCUT2D eigenvalue weighted by Crippen LogP contribution is 2.18. The van der Waals surface area contributed by atoms with Crippen LogP contribution < -0.4 is 5.32 Å². The van der Waals surface area contributed by atoms with E-state index >= 15 is 0 Å². The summed E-state index contributed by atoms with van der Waals surface area (Å²) in [6.45, 7) is 8.80. The first-order valence-electron chi connectivity index (χ1n) is 5.85. The molecule has 2 saturated heterocycles. The Hall–Kier alpha value is 0.270. The van der Waals surface area contributed by atoms with Crippen LogP contribution >= 0.6 is 11.8 Å². The summed E-state index contributed by atoms with van der Waals surface area (Å²) in [6.07, 6.45) is 1.43. The number of hydrogen-bond donors (Lipinski definition) is 1. The molecule has 2 atom stereocenters. The summed E-state index contributed by atoms with van der Waals surface area (Å²) in [4.78, 5) is 2.65. The first-order chi connectivity index (χ1) is 6.84. The molecule has 0 aliphatic carbocycles. The maximum Gasteiger partial charge on any atom is 0.00728 e. The van der Waals surface area contributed by atoms with E-state index in [0.717, 1.165) is 11.8 Å². The van der Waals surface area contributed by atoms with Crippen molar-refractivity contribution >= 4 is 11.8 Å². The van der Waals surface area contributed by atoms with Crippen LogP contribution in [0, 0.1) is 11.8 Å². The lowest BCUT2D eigenvalue weighted by Crippen LogP contribution is -2.43. The first kappa shape index (κ1) is 10.8. The molecule has 14 heavy (non-hydrogen) atoms. The minimum Gasteiger partial charge on any atom is -0.316 e. The summed E-state index contributed by atoms with van der Waals surface area (Å²) in [5.41, 5.74) is 0. The third-order valence-corrected chi connectivity index (χ3v) is 4.22. The Labute approximate surface area is 91.8 Å². The molecule has 0 aromatic heterocycles. The van der Waals surface area contributed by atoms with Crippen molar-refractivity contribution in [3.8, 4) is 0 Å². The molecule has 2 unspecified atom stereocenters. The molecule has 2 aliphatic rings. The van der Waals surface area contributed by atoms with Gasteiger partial charge in [0.1, 0.15) is 0 Å². The number of piperidine rings is 1. The van der Waals surface area contributed by atoms with Gasteiger partial charge in [0, 0.05) is 31.1 Å². The summed E-state index contributed by atoms with van der Waals surface area (Å²) in [5.74, 6) is 4.47. The van der Waals surface area contributed by atoms with E-state index in [4.69, 9.17) is 0 Å². The van der Waals surface area contributed by atoms with Gasteiger partial charge < -0.3 is 10.2 Å². The van der Waals surface area contributed by atoms with Crippen molar-refractivity contribution in [2.45, 2.75) is 13.3 Å². The normalized spacial score (nSPS) is 35.8. The van der Waals surface area contributed by atoms with E-state index in [2.05, 4.69) is 28.9 Å². The van der Waals surface area contributed by atoms with Crippen LogP contribution in [0.3, 0.4) is 0 Å². The van der Waals surface area contributed by atoms with E-state index in [0.29, 0.717) is 0 Å². The van der Waals surface area contributed by atoms with Gasteiger partial charge >= 0.3 is 0 Å². The largest absolute Gasteiger partial charge is 0.316 e. The van der Waals surface area contributed by atoms with Crippen molar-refractivity contribution in [2.75, 3.05) is 44.2 Å². The van der Waals surface area contributed by atoms with Gasteiger partial charge in [-0.25, -0.2) is 0 Å². The highest BCUT2D eigenvalue weighted by Gasteiger charge is 2.21. The van der Waals surface area contributed by atoms with Crippen LogP contribution in [-0.2, 0) is 0 Å². The lowest BCUT2D eigenvalue weighted by molar-refractivity contribution is 0.201. The maximum atomic E-state index is 3.54. The lowest BCUT2D eigenvalue weighted by atomic mass is 9.91. The zero-order valence-electron chi connectivity index (χ0n) is 9.17. The number of rotatable bonds is 2. The van der Waals surface area contributed by atoms with Crippen LogP contribution in [0.5, 0.6) is 0 Å². The number of nitrogens with one attached hydrogen (secondary N) is 1. The number of hydrogen-bond acceptors (Lipinski definition) is 3. The average molecular weight is 214 g/mol. The third kappa shape index (κ3) is 3.14. The van der Waals surface area contributed by atoms with Gasteiger partial charge in [0.15, 0.2) is 0 Å². The van der Waals surface area contributed by atoms with E-state index in [9.17, 15) is 0 Å². The Morgan fingerprint density at radius 3 is 2.79 bits per heavy atom. The second-order valence-electron chi connectivity index (χ2n) is 4.78. The molecule has 2 rings (SSSR count). The molecule has 0 aromatic carbocycles. The Balaban J connectivity index is 1.72. The predicted molar refractivity (Wildman–Crippen MR) is 63.9 cm³/mol. The van der Waals surface area contributed by atoms with Crippen LogP contribution in [0.1, 0.15) is 13.3 Å². The second-order valence-corrected chi connectivity index (χ2v) is 6.00. The van der Waals surface area contributed by atoms with Crippen LogP contribution in [-0.4, -0.2) is 49.1 Å². The van der Waals surface area contributed by atoms with Crippen LogP contribution in [0.2, 0.25) is 0 Å². The average Bonchev–Trinajstić information content (AvgIpc) is 2.19. The van der Waals surface area contributed by atoms with Crippen molar-refractivity contribution in [3.63, 3.8) is 0 Å². The molecule has 1 N–H and O–H groups in total. The zero-order valence-corrected chi connectivity index (χ0v) is 9.98. The lowest BCUT2D eigenvalue weighted by Gasteiger charge is -2.34. The highest BCUT2D eigenvalue weighted by atomic mass is 32.2. The van der Waals surface area contributed by atoms with Gasteiger partial charge in [-0.1, -0.05) is 6.92 Å². The fraction of sp³-hybridized carbons (Fsp3) is 1.00. The predicted octanol–water partition coefficient (Wildman–Crippen LogP) is 1.28. The fourth-order valence-electron chi connectivity index (χ4n) is 2.56. The second kappa shape index (κ2) is 5.38. The maximum absolute atomic E-state index is 3.54. The molecule has 0 saturated carbocycles. The molecular formula is C11H22N2S. The zero-order chi connectivity index (χ0) is 9.80. The summed E-state index contributed by atoms with van der Waals surface area (Å²) in [7, 11) is 0. The van der Waals surface area contributed by atoms with Gasteiger partial charge in [-0.2, -0.15) is 11.8 Å². The summed E-state index contributed by atoms with van der Waals surface area (Å²) in [5, 5.41) is 3.54. The quantitative estimate of drug-likeness (QED) is 0.745. The molecule has 2 heterocycles. The molecule has 0 radical (unpaired) electrons. The van der Waals surface area contributed by atoms with Crippen molar-refractivity contribution in [1.29, 1.82) is 0 Å². The van der Waals surface area contributed by atoms with Gasteiger partial charge in [0.25, 0.3) is 0 Å². The van der Waals surface area contributed by atoms with E-state index < -0.39 is 0 Å². The SMILES string of the molecule is CC1CNCC(CN2CCSCC2)C1. The third-order valence-electron chi connectivity index (χ3n) is 3.28. The van der Waals surface area contributed by atoms with Crippen molar-refractivity contribution in [3.05, 3.63) is 0 Å². The van der Waals surface area contributed by atoms with Gasteiger partial charge in [-0.15, -0.1) is 0 Å². The van der Waals surface area contributed by atoms with Crippen molar-refractivity contribution < 1.29 is 0 Å². The Morgan fingerprint density at radius 1 is 1.29 bits per heavy atom. The van der Waals surface area contributed by atoms with Crippen molar-refractivity contribution in [1.82, 2.24) is 10.2 Å². The number of nitrogens with zero attached hydrogens (tertiary/aromatic N) is 1. The van der Waals surface area contributed by atoms with E-state index in [1.807, 2.05) is 0 Å². The summed E-state index contributed by atoms with van der Waals surface area (Å²) >= 11 is 2.10. The standard InChI is InChI=1S/C11H22N2S/c1-10-6-11(8-12-7-10)9-13-2-4-14-5-3-13/h10-12H,2-9H2,1H3. The monoisotopic (exact) mass is 214 g/mol. The molecule has 2 aliphatic heterocycles. The molecule has 2 fully saturated rings. The van der Waals surface area contributed by atoms with Gasteiger partial charge in [-0.3, -0.25) is 0 Å². The van der Waals surface area contributed by atoms with Gasteiger partial charge in [0.05, 0.1) is 0 Å². The van der Waals surface area contributed by atoms with Crippen molar-refractivity contribution in [2.24, 2.45) is 11.8 Å². The first-order valence-corrected chi connectivity index (χ1v) is 7.01. The molecule has 3 heteroatoms. The molecule has 0 spiro atoms. The fourth-order valence-corrected chi connectivity index (χ4v) is 3.54. The molecule has 0 bridgehead atoms. The van der Waals surface area contributed by atoms with Gasteiger partial charge in [0.2, 0.25) is 0 Å². The number of thioether (sulfide) groups is 1. The highest BCUT2D eigenvalue weighted by molar-refractivity contribution is 7.99. The van der Waals surface area contributed by atoms with Crippen LogP contribution in [0.15, 0.2) is 0 Å². The summed E-state index contributed by atoms with van der Waals surface area (Å²) in [6, 6.07) is 0. The minimum absolute atomic E-state index is 0.882. The Bertz CT molecular complexity index is 169. The Kier molecular flexibility index (Phi) is 4.14.